The molecule has 0 bridgehead atoms. The summed E-state index contributed by atoms with van der Waals surface area (Å²) in [7, 11) is 1.62. The SMILES string of the molecule is C[N+](C)(C)CCOP(=O)([O-])OCCC(O)CCCCCCCCCCCCCCCCCCc1ccc(I)cc1. The quantitative estimate of drug-likeness (QED) is 0.0433. The molecule has 0 spiro atoms. The summed E-state index contributed by atoms with van der Waals surface area (Å²) in [6, 6.07) is 8.94. The molecule has 40 heavy (non-hydrogen) atoms. The molecule has 0 fully saturated rings. The minimum absolute atomic E-state index is 0.0267. The van der Waals surface area contributed by atoms with Crippen LogP contribution < -0.4 is 4.89 Å². The molecule has 8 heteroatoms. The highest BCUT2D eigenvalue weighted by Gasteiger charge is 2.14. The van der Waals surface area contributed by atoms with E-state index in [1.165, 1.54) is 105 Å². The lowest BCUT2D eigenvalue weighted by Crippen LogP contribution is -2.37. The standard InChI is InChI=1S/C32H59INO5P/c1-34(2,3)27-29-39-40(36,37)38-28-26-32(35)21-19-17-15-13-11-9-7-5-4-6-8-10-12-14-16-18-20-30-22-24-31(33)25-23-30/h22-25,32,35H,4-21,26-29H2,1-3H3. The number of quaternary nitrogens is 1. The van der Waals surface area contributed by atoms with E-state index in [2.05, 4.69) is 46.9 Å². The van der Waals surface area contributed by atoms with E-state index in [9.17, 15) is 14.6 Å². The molecule has 0 amide bonds. The van der Waals surface area contributed by atoms with Gasteiger partial charge in [-0.25, -0.2) is 0 Å². The maximum Gasteiger partial charge on any atom is 0.268 e. The molecular formula is C32H59INO5P. The molecule has 1 rings (SSSR count). The molecule has 0 aromatic heterocycles. The molecular weight excluding hydrogens is 636 g/mol. The maximum atomic E-state index is 11.8. The van der Waals surface area contributed by atoms with Crippen LogP contribution in [0.1, 0.15) is 121 Å². The largest absolute Gasteiger partial charge is 0.756 e. The third-order valence-corrected chi connectivity index (χ3v) is 9.09. The second-order valence-corrected chi connectivity index (χ2v) is 15.0. The maximum absolute atomic E-state index is 11.8. The van der Waals surface area contributed by atoms with Gasteiger partial charge in [0.25, 0.3) is 7.82 Å². The molecule has 1 N–H and O–H groups in total. The van der Waals surface area contributed by atoms with E-state index in [-0.39, 0.29) is 13.2 Å². The first-order chi connectivity index (χ1) is 19.1. The van der Waals surface area contributed by atoms with Crippen molar-refractivity contribution in [2.24, 2.45) is 0 Å². The molecule has 0 aliphatic carbocycles. The third kappa shape index (κ3) is 24.6. The van der Waals surface area contributed by atoms with Gasteiger partial charge >= 0.3 is 0 Å². The summed E-state index contributed by atoms with van der Waals surface area (Å²) >= 11 is 2.37. The van der Waals surface area contributed by atoms with E-state index in [0.717, 1.165) is 12.8 Å². The summed E-state index contributed by atoms with van der Waals surface area (Å²) in [5.74, 6) is 0. The van der Waals surface area contributed by atoms with Crippen LogP contribution in [0.2, 0.25) is 0 Å². The van der Waals surface area contributed by atoms with Crippen molar-refractivity contribution in [2.75, 3.05) is 40.9 Å². The monoisotopic (exact) mass is 695 g/mol. The number of hydrogen-bond donors (Lipinski definition) is 1. The average molecular weight is 696 g/mol. The van der Waals surface area contributed by atoms with Crippen LogP contribution in [0.15, 0.2) is 24.3 Å². The summed E-state index contributed by atoms with van der Waals surface area (Å²) in [6.07, 6.45) is 22.7. The Bertz CT molecular complexity index is 772. The van der Waals surface area contributed by atoms with E-state index >= 15 is 0 Å². The van der Waals surface area contributed by atoms with Crippen molar-refractivity contribution in [3.05, 3.63) is 33.4 Å². The summed E-state index contributed by atoms with van der Waals surface area (Å²) in [4.78, 5) is 11.8. The van der Waals surface area contributed by atoms with Gasteiger partial charge in [0, 0.05) is 3.57 Å². The van der Waals surface area contributed by atoms with Crippen molar-refractivity contribution < 1.29 is 28.1 Å². The van der Waals surface area contributed by atoms with Gasteiger partial charge in [-0.1, -0.05) is 108 Å². The zero-order valence-corrected chi connectivity index (χ0v) is 28.8. The molecule has 1 aromatic rings. The number of hydrogen-bond acceptors (Lipinski definition) is 5. The second-order valence-electron chi connectivity index (χ2n) is 12.4. The first-order valence-electron chi connectivity index (χ1n) is 15.9. The average Bonchev–Trinajstić information content (AvgIpc) is 2.88. The fourth-order valence-corrected chi connectivity index (χ4v) is 5.81. The Labute approximate surface area is 260 Å². The minimum Gasteiger partial charge on any atom is -0.756 e. The Hall–Kier alpha value is -0.0200. The molecule has 0 aliphatic heterocycles. The molecule has 0 radical (unpaired) electrons. The zero-order chi connectivity index (χ0) is 29.5. The van der Waals surface area contributed by atoms with E-state index in [1.54, 1.807) is 0 Å². The number of halogens is 1. The van der Waals surface area contributed by atoms with Crippen LogP contribution in [0.3, 0.4) is 0 Å². The number of likely N-dealkylation sites (N-methyl/N-ethyl adjacent to an activating group) is 1. The van der Waals surface area contributed by atoms with Crippen molar-refractivity contribution in [3.63, 3.8) is 0 Å². The van der Waals surface area contributed by atoms with Gasteiger partial charge in [0.15, 0.2) is 0 Å². The smallest absolute Gasteiger partial charge is 0.268 e. The number of aliphatic hydroxyl groups excluding tert-OH is 1. The Morgan fingerprint density at radius 3 is 1.62 bits per heavy atom. The summed E-state index contributed by atoms with van der Waals surface area (Å²) in [5.41, 5.74) is 1.48. The minimum atomic E-state index is -4.28. The molecule has 0 heterocycles. The van der Waals surface area contributed by atoms with Crippen molar-refractivity contribution >= 4 is 30.4 Å². The van der Waals surface area contributed by atoms with Gasteiger partial charge in [0.2, 0.25) is 0 Å². The number of nitrogens with zero attached hydrogens (tertiary/aromatic N) is 1. The van der Waals surface area contributed by atoms with Gasteiger partial charge in [-0.3, -0.25) is 4.57 Å². The molecule has 6 nitrogen and oxygen atoms in total. The molecule has 0 aliphatic rings. The van der Waals surface area contributed by atoms with Crippen LogP contribution in [0, 0.1) is 3.57 Å². The molecule has 1 aromatic carbocycles. The Morgan fingerprint density at radius 1 is 0.725 bits per heavy atom. The summed E-state index contributed by atoms with van der Waals surface area (Å²) in [6.45, 7) is 0.652. The first-order valence-corrected chi connectivity index (χ1v) is 18.4. The van der Waals surface area contributed by atoms with Crippen LogP contribution in [-0.4, -0.2) is 56.6 Å². The summed E-state index contributed by atoms with van der Waals surface area (Å²) in [5, 5.41) is 10.1. The normalized spacial score (nSPS) is 14.3. The van der Waals surface area contributed by atoms with Crippen LogP contribution in [0.4, 0.5) is 0 Å². The van der Waals surface area contributed by atoms with Crippen LogP contribution in [0.25, 0.3) is 0 Å². The lowest BCUT2D eigenvalue weighted by atomic mass is 10.0. The van der Waals surface area contributed by atoms with Gasteiger partial charge < -0.3 is 23.5 Å². The van der Waals surface area contributed by atoms with E-state index in [0.29, 0.717) is 23.9 Å². The van der Waals surface area contributed by atoms with Crippen molar-refractivity contribution in [2.45, 2.75) is 128 Å². The van der Waals surface area contributed by atoms with E-state index in [4.69, 9.17) is 9.05 Å². The number of phosphoric acid groups is 1. The van der Waals surface area contributed by atoms with E-state index < -0.39 is 13.9 Å². The molecule has 0 saturated heterocycles. The Kier molecular flexibility index (Phi) is 22.3. The number of rotatable bonds is 27. The number of benzene rings is 1. The summed E-state index contributed by atoms with van der Waals surface area (Å²) < 4.78 is 23.5. The van der Waals surface area contributed by atoms with Gasteiger partial charge in [-0.15, -0.1) is 0 Å². The second kappa shape index (κ2) is 23.4. The fourth-order valence-electron chi connectivity index (χ4n) is 4.74. The van der Waals surface area contributed by atoms with Crippen LogP contribution in [-0.2, 0) is 20.0 Å². The lowest BCUT2D eigenvalue weighted by molar-refractivity contribution is -0.870. The zero-order valence-electron chi connectivity index (χ0n) is 25.8. The van der Waals surface area contributed by atoms with Crippen molar-refractivity contribution in [3.8, 4) is 0 Å². The molecule has 2 atom stereocenters. The van der Waals surface area contributed by atoms with Gasteiger partial charge in [0.05, 0.1) is 33.9 Å². The number of phosphoric ester groups is 1. The Morgan fingerprint density at radius 2 is 1.15 bits per heavy atom. The van der Waals surface area contributed by atoms with Crippen LogP contribution in [0.5, 0.6) is 0 Å². The topological polar surface area (TPSA) is 78.8 Å². The highest BCUT2D eigenvalue weighted by atomic mass is 127. The first kappa shape index (κ1) is 38.0. The van der Waals surface area contributed by atoms with Crippen LogP contribution >= 0.6 is 30.4 Å². The predicted molar refractivity (Wildman–Crippen MR) is 174 cm³/mol. The molecule has 0 saturated carbocycles. The molecule has 2 unspecified atom stereocenters. The molecule has 234 valence electrons. The van der Waals surface area contributed by atoms with Gasteiger partial charge in [-0.05, 0) is 66.0 Å². The van der Waals surface area contributed by atoms with Crippen molar-refractivity contribution in [1.82, 2.24) is 0 Å². The van der Waals surface area contributed by atoms with Gasteiger partial charge in [-0.2, -0.15) is 0 Å². The fraction of sp³-hybridized carbons (Fsp3) is 0.812. The van der Waals surface area contributed by atoms with Crippen molar-refractivity contribution in [1.29, 1.82) is 0 Å². The van der Waals surface area contributed by atoms with E-state index in [1.807, 2.05) is 21.1 Å². The predicted octanol–water partition coefficient (Wildman–Crippen LogP) is 8.42. The number of aryl methyl sites for hydroxylation is 1. The van der Waals surface area contributed by atoms with Gasteiger partial charge in [0.1, 0.15) is 13.2 Å². The number of aliphatic hydroxyl groups is 1. The Balaban J connectivity index is 1.79. The third-order valence-electron chi connectivity index (χ3n) is 7.38. The number of unbranched alkanes of at least 4 members (excludes halogenated alkanes) is 15. The highest BCUT2D eigenvalue weighted by Crippen LogP contribution is 2.38. The lowest BCUT2D eigenvalue weighted by Gasteiger charge is -2.27. The highest BCUT2D eigenvalue weighted by molar-refractivity contribution is 14.1.